The number of carbonyl (C=O) groups excluding carboxylic acids is 2. The number of urea groups is 1. The number of ether oxygens (including phenoxy) is 1. The first-order chi connectivity index (χ1) is 11.0. The van der Waals surface area contributed by atoms with Crippen LogP contribution in [-0.4, -0.2) is 36.6 Å². The molecule has 0 radical (unpaired) electrons. The lowest BCUT2D eigenvalue weighted by Crippen LogP contribution is -2.44. The molecule has 1 saturated heterocycles. The first-order valence-corrected chi connectivity index (χ1v) is 8.03. The van der Waals surface area contributed by atoms with E-state index in [9.17, 15) is 14.0 Å². The number of hydrogen-bond acceptors (Lipinski definition) is 3. The summed E-state index contributed by atoms with van der Waals surface area (Å²) < 4.78 is 18.4. The number of benzene rings is 1. The maximum Gasteiger partial charge on any atom is 0.325 e. The minimum Gasteiger partial charge on any atom is -0.380 e. The molecule has 1 aliphatic heterocycles. The first-order valence-electron chi connectivity index (χ1n) is 8.03. The Morgan fingerprint density at radius 1 is 1.22 bits per heavy atom. The lowest BCUT2D eigenvalue weighted by atomic mass is 9.85. The Hall–Kier alpha value is -1.95. The van der Waals surface area contributed by atoms with E-state index in [0.29, 0.717) is 25.2 Å². The highest BCUT2D eigenvalue weighted by Crippen LogP contribution is 2.34. The molecule has 23 heavy (non-hydrogen) atoms. The van der Waals surface area contributed by atoms with E-state index in [1.165, 1.54) is 17.0 Å². The molecule has 126 valence electrons. The van der Waals surface area contributed by atoms with Gasteiger partial charge < -0.3 is 10.1 Å². The fraction of sp³-hybridized carbons (Fsp3) is 0.529. The fourth-order valence-electron chi connectivity index (χ4n) is 2.82. The van der Waals surface area contributed by atoms with E-state index >= 15 is 0 Å². The molecule has 1 atom stereocenters. The largest absolute Gasteiger partial charge is 0.380 e. The van der Waals surface area contributed by atoms with Gasteiger partial charge in [-0.1, -0.05) is 31.9 Å². The highest BCUT2D eigenvalue weighted by Gasteiger charge is 2.51. The first kappa shape index (κ1) is 17.4. The molecule has 0 aromatic heterocycles. The van der Waals surface area contributed by atoms with E-state index < -0.39 is 11.6 Å². The molecule has 1 aromatic carbocycles. The SMILES string of the molecule is CCCC[C@]1(c2ccc(F)cc2)NC(=O)N(CCOCC)C1=O. The highest BCUT2D eigenvalue weighted by atomic mass is 19.1. The topological polar surface area (TPSA) is 58.6 Å². The fourth-order valence-corrected chi connectivity index (χ4v) is 2.82. The maximum absolute atomic E-state index is 13.2. The predicted molar refractivity (Wildman–Crippen MR) is 84.3 cm³/mol. The van der Waals surface area contributed by atoms with Gasteiger partial charge in [0.1, 0.15) is 11.4 Å². The van der Waals surface area contributed by atoms with E-state index in [2.05, 4.69) is 5.32 Å². The van der Waals surface area contributed by atoms with Crippen molar-refractivity contribution in [1.29, 1.82) is 0 Å². The summed E-state index contributed by atoms with van der Waals surface area (Å²) in [6, 6.07) is 5.33. The zero-order chi connectivity index (χ0) is 16.9. The Balaban J connectivity index is 2.29. The summed E-state index contributed by atoms with van der Waals surface area (Å²) >= 11 is 0. The van der Waals surface area contributed by atoms with Crippen LogP contribution < -0.4 is 5.32 Å². The van der Waals surface area contributed by atoms with E-state index in [0.717, 1.165) is 12.8 Å². The van der Waals surface area contributed by atoms with Crippen LogP contribution in [0.2, 0.25) is 0 Å². The van der Waals surface area contributed by atoms with Crippen LogP contribution in [0.3, 0.4) is 0 Å². The van der Waals surface area contributed by atoms with Crippen molar-refractivity contribution in [3.8, 4) is 0 Å². The molecule has 1 heterocycles. The van der Waals surface area contributed by atoms with Gasteiger partial charge in [0.15, 0.2) is 0 Å². The molecule has 6 heteroatoms. The van der Waals surface area contributed by atoms with Crippen molar-refractivity contribution in [2.75, 3.05) is 19.8 Å². The third kappa shape index (κ3) is 3.52. The minimum atomic E-state index is -1.10. The quantitative estimate of drug-likeness (QED) is 0.591. The van der Waals surface area contributed by atoms with Gasteiger partial charge in [-0.25, -0.2) is 9.18 Å². The van der Waals surface area contributed by atoms with Crippen LogP contribution in [0.5, 0.6) is 0 Å². The van der Waals surface area contributed by atoms with Crippen molar-refractivity contribution in [2.24, 2.45) is 0 Å². The van der Waals surface area contributed by atoms with Gasteiger partial charge in [-0.3, -0.25) is 9.69 Å². The number of amides is 3. The number of carbonyl (C=O) groups is 2. The van der Waals surface area contributed by atoms with E-state index in [1.54, 1.807) is 12.1 Å². The average Bonchev–Trinajstić information content (AvgIpc) is 2.79. The molecular formula is C17H23FN2O3. The molecule has 5 nitrogen and oxygen atoms in total. The zero-order valence-electron chi connectivity index (χ0n) is 13.6. The van der Waals surface area contributed by atoms with Gasteiger partial charge >= 0.3 is 6.03 Å². The predicted octanol–water partition coefficient (Wildman–Crippen LogP) is 2.80. The highest BCUT2D eigenvalue weighted by molar-refractivity contribution is 6.07. The smallest absolute Gasteiger partial charge is 0.325 e. The van der Waals surface area contributed by atoms with Crippen molar-refractivity contribution in [3.05, 3.63) is 35.6 Å². The van der Waals surface area contributed by atoms with Gasteiger partial charge in [0, 0.05) is 6.61 Å². The second-order valence-electron chi connectivity index (χ2n) is 5.60. The Bertz CT molecular complexity index is 561. The average molecular weight is 322 g/mol. The number of rotatable bonds is 8. The Labute approximate surface area is 135 Å². The van der Waals surface area contributed by atoms with Gasteiger partial charge in [0.25, 0.3) is 5.91 Å². The Morgan fingerprint density at radius 2 is 1.91 bits per heavy atom. The van der Waals surface area contributed by atoms with Crippen molar-refractivity contribution >= 4 is 11.9 Å². The number of halogens is 1. The molecule has 1 fully saturated rings. The summed E-state index contributed by atoms with van der Waals surface area (Å²) in [7, 11) is 0. The van der Waals surface area contributed by atoms with Crippen LogP contribution in [0.1, 0.15) is 38.7 Å². The number of unbranched alkanes of at least 4 members (excludes halogenated alkanes) is 1. The molecule has 0 spiro atoms. The molecule has 1 aliphatic rings. The zero-order valence-corrected chi connectivity index (χ0v) is 13.6. The molecule has 1 aromatic rings. The van der Waals surface area contributed by atoms with Crippen LogP contribution in [0.4, 0.5) is 9.18 Å². The van der Waals surface area contributed by atoms with Crippen LogP contribution in [0.15, 0.2) is 24.3 Å². The van der Waals surface area contributed by atoms with E-state index in [-0.39, 0.29) is 18.3 Å². The summed E-state index contributed by atoms with van der Waals surface area (Å²) in [4.78, 5) is 26.4. The summed E-state index contributed by atoms with van der Waals surface area (Å²) in [5, 5.41) is 2.82. The van der Waals surface area contributed by atoms with Crippen molar-refractivity contribution in [1.82, 2.24) is 10.2 Å². The van der Waals surface area contributed by atoms with Crippen molar-refractivity contribution in [2.45, 2.75) is 38.6 Å². The lowest BCUT2D eigenvalue weighted by Gasteiger charge is -2.27. The van der Waals surface area contributed by atoms with E-state index in [4.69, 9.17) is 4.74 Å². The summed E-state index contributed by atoms with van der Waals surface area (Å²) in [6.07, 6.45) is 2.17. The van der Waals surface area contributed by atoms with Gasteiger partial charge in [-0.2, -0.15) is 0 Å². The molecule has 0 bridgehead atoms. The van der Waals surface area contributed by atoms with Crippen molar-refractivity contribution in [3.63, 3.8) is 0 Å². The molecule has 2 rings (SSSR count). The molecule has 0 saturated carbocycles. The second kappa shape index (κ2) is 7.55. The van der Waals surface area contributed by atoms with Gasteiger partial charge in [0.2, 0.25) is 0 Å². The number of nitrogens with zero attached hydrogens (tertiary/aromatic N) is 1. The summed E-state index contributed by atoms with van der Waals surface area (Å²) in [5.41, 5.74) is -0.489. The molecular weight excluding hydrogens is 299 g/mol. The third-order valence-corrected chi connectivity index (χ3v) is 4.08. The van der Waals surface area contributed by atoms with Gasteiger partial charge in [0.05, 0.1) is 13.2 Å². The number of imide groups is 1. The molecule has 1 N–H and O–H groups in total. The molecule has 0 unspecified atom stereocenters. The normalized spacial score (nSPS) is 20.9. The van der Waals surface area contributed by atoms with Crippen LogP contribution in [-0.2, 0) is 15.1 Å². The minimum absolute atomic E-state index is 0.216. The maximum atomic E-state index is 13.2. The van der Waals surface area contributed by atoms with Gasteiger partial charge in [-0.05, 0) is 31.0 Å². The van der Waals surface area contributed by atoms with Crippen molar-refractivity contribution < 1.29 is 18.7 Å². The molecule has 0 aliphatic carbocycles. The summed E-state index contributed by atoms with van der Waals surface area (Å²) in [5.74, 6) is -0.661. The number of nitrogens with one attached hydrogen (secondary N) is 1. The Kier molecular flexibility index (Phi) is 5.71. The van der Waals surface area contributed by atoms with Crippen LogP contribution in [0, 0.1) is 5.82 Å². The second-order valence-corrected chi connectivity index (χ2v) is 5.60. The molecule has 3 amide bonds. The third-order valence-electron chi connectivity index (χ3n) is 4.08. The van der Waals surface area contributed by atoms with Gasteiger partial charge in [-0.15, -0.1) is 0 Å². The Morgan fingerprint density at radius 3 is 2.52 bits per heavy atom. The monoisotopic (exact) mass is 322 g/mol. The number of hydrogen-bond donors (Lipinski definition) is 1. The van der Waals surface area contributed by atoms with E-state index in [1.807, 2.05) is 13.8 Å². The summed E-state index contributed by atoms with van der Waals surface area (Å²) in [6.45, 7) is 4.93. The van der Waals surface area contributed by atoms with Crippen LogP contribution >= 0.6 is 0 Å². The lowest BCUT2D eigenvalue weighted by molar-refractivity contribution is -0.132. The standard InChI is InChI=1S/C17H23FN2O3/c1-3-5-10-17(13-6-8-14(18)9-7-13)15(21)20(16(22)19-17)11-12-23-4-2/h6-9H,3-5,10-12H2,1-2H3,(H,19,22)/t17-/m1/s1. The van der Waals surface area contributed by atoms with Crippen LogP contribution in [0.25, 0.3) is 0 Å².